The highest BCUT2D eigenvalue weighted by atomic mass is 16.3. The summed E-state index contributed by atoms with van der Waals surface area (Å²) >= 11 is 0. The second kappa shape index (κ2) is 5.19. The predicted molar refractivity (Wildman–Crippen MR) is 89.7 cm³/mol. The van der Waals surface area contributed by atoms with E-state index in [0.717, 1.165) is 44.9 Å². The van der Waals surface area contributed by atoms with Crippen molar-refractivity contribution >= 4 is 0 Å². The quantitative estimate of drug-likeness (QED) is 0.642. The van der Waals surface area contributed by atoms with Crippen LogP contribution in [0.1, 0.15) is 65.7 Å². The molecule has 3 heteroatoms. The Labute approximate surface area is 140 Å². The first-order valence-corrected chi connectivity index (χ1v) is 9.81. The molecule has 4 aliphatic carbocycles. The summed E-state index contributed by atoms with van der Waals surface area (Å²) in [6.45, 7) is 6.89. The van der Waals surface area contributed by atoms with Gasteiger partial charge >= 0.3 is 0 Å². The standard InChI is InChI=1S/C20H34O3/c1-11-8-15-17-14(5-7-20(15,3)18(11)23)19(2)6-4-13(21)9-12(19)10-16(17)22/h11-18,21-23H,4-10H2,1-3H3/t11-,12+,13+,14?,15?,16+,17?,18-,19+,20+/m1/s1. The molecule has 4 rings (SSSR count). The molecule has 0 saturated heterocycles. The van der Waals surface area contributed by atoms with Crippen molar-refractivity contribution in [2.45, 2.75) is 84.0 Å². The topological polar surface area (TPSA) is 60.7 Å². The number of aliphatic hydroxyl groups is 3. The zero-order chi connectivity index (χ0) is 16.6. The molecular formula is C20H34O3. The van der Waals surface area contributed by atoms with E-state index in [1.807, 2.05) is 0 Å². The van der Waals surface area contributed by atoms with Crippen LogP contribution in [0.3, 0.4) is 0 Å². The van der Waals surface area contributed by atoms with E-state index in [1.165, 1.54) is 0 Å². The molecule has 132 valence electrons. The fourth-order valence-corrected chi connectivity index (χ4v) is 7.54. The summed E-state index contributed by atoms with van der Waals surface area (Å²) in [5.41, 5.74) is 0.278. The van der Waals surface area contributed by atoms with E-state index in [1.54, 1.807) is 0 Å². The van der Waals surface area contributed by atoms with Gasteiger partial charge in [-0.2, -0.15) is 0 Å². The third kappa shape index (κ3) is 2.12. The van der Waals surface area contributed by atoms with Crippen LogP contribution in [0.2, 0.25) is 0 Å². The Hall–Kier alpha value is -0.120. The molecule has 0 amide bonds. The van der Waals surface area contributed by atoms with Gasteiger partial charge in [-0.25, -0.2) is 0 Å². The molecule has 3 nitrogen and oxygen atoms in total. The van der Waals surface area contributed by atoms with Gasteiger partial charge in [0.1, 0.15) is 0 Å². The van der Waals surface area contributed by atoms with Crippen LogP contribution in [-0.4, -0.2) is 33.6 Å². The van der Waals surface area contributed by atoms with Gasteiger partial charge in [0, 0.05) is 0 Å². The van der Waals surface area contributed by atoms with Gasteiger partial charge in [-0.15, -0.1) is 0 Å². The molecule has 0 aromatic carbocycles. The van der Waals surface area contributed by atoms with Crippen LogP contribution in [0.5, 0.6) is 0 Å². The van der Waals surface area contributed by atoms with Gasteiger partial charge in [-0.05, 0) is 85.4 Å². The van der Waals surface area contributed by atoms with E-state index in [-0.39, 0.29) is 29.1 Å². The Balaban J connectivity index is 1.68. The first-order chi connectivity index (χ1) is 10.8. The first-order valence-electron chi connectivity index (χ1n) is 9.81. The van der Waals surface area contributed by atoms with Crippen LogP contribution in [0.4, 0.5) is 0 Å². The van der Waals surface area contributed by atoms with Crippen molar-refractivity contribution in [3.8, 4) is 0 Å². The second-order valence-electron chi connectivity index (χ2n) is 9.93. The van der Waals surface area contributed by atoms with E-state index in [0.29, 0.717) is 29.6 Å². The predicted octanol–water partition coefficient (Wildman–Crippen LogP) is 2.97. The van der Waals surface area contributed by atoms with Gasteiger partial charge in [-0.1, -0.05) is 20.8 Å². The largest absolute Gasteiger partial charge is 0.393 e. The molecule has 0 heterocycles. The Morgan fingerprint density at radius 2 is 1.52 bits per heavy atom. The number of fused-ring (bicyclic) bond motifs is 5. The second-order valence-corrected chi connectivity index (χ2v) is 9.93. The molecule has 0 radical (unpaired) electrons. The lowest BCUT2D eigenvalue weighted by Gasteiger charge is -2.61. The summed E-state index contributed by atoms with van der Waals surface area (Å²) in [6.07, 6.45) is 6.44. The minimum absolute atomic E-state index is 0.00105. The third-order valence-electron chi connectivity index (χ3n) is 8.93. The fraction of sp³-hybridized carbons (Fsp3) is 1.00. The van der Waals surface area contributed by atoms with Crippen molar-refractivity contribution in [1.29, 1.82) is 0 Å². The summed E-state index contributed by atoms with van der Waals surface area (Å²) in [5.74, 6) is 2.21. The monoisotopic (exact) mass is 322 g/mol. The van der Waals surface area contributed by atoms with Crippen LogP contribution >= 0.6 is 0 Å². The molecule has 4 aliphatic rings. The van der Waals surface area contributed by atoms with Crippen molar-refractivity contribution in [3.05, 3.63) is 0 Å². The van der Waals surface area contributed by atoms with Crippen molar-refractivity contribution < 1.29 is 15.3 Å². The van der Waals surface area contributed by atoms with Gasteiger partial charge in [0.05, 0.1) is 18.3 Å². The highest BCUT2D eigenvalue weighted by Gasteiger charge is 2.63. The lowest BCUT2D eigenvalue weighted by molar-refractivity contribution is -0.177. The summed E-state index contributed by atoms with van der Waals surface area (Å²) in [7, 11) is 0. The fourth-order valence-electron chi connectivity index (χ4n) is 7.54. The average Bonchev–Trinajstić information content (AvgIpc) is 2.73. The maximum Gasteiger partial charge on any atom is 0.0622 e. The normalized spacial score (nSPS) is 62.3. The molecule has 0 spiro atoms. The average molecular weight is 322 g/mol. The highest BCUT2D eigenvalue weighted by Crippen LogP contribution is 2.66. The molecule has 4 saturated carbocycles. The zero-order valence-corrected chi connectivity index (χ0v) is 14.9. The minimum Gasteiger partial charge on any atom is -0.393 e. The Bertz CT molecular complexity index is 480. The summed E-state index contributed by atoms with van der Waals surface area (Å²) in [5, 5.41) is 31.9. The maximum atomic E-state index is 11.0. The van der Waals surface area contributed by atoms with Gasteiger partial charge in [0.2, 0.25) is 0 Å². The Morgan fingerprint density at radius 3 is 2.26 bits per heavy atom. The molecular weight excluding hydrogens is 288 g/mol. The molecule has 0 aromatic rings. The number of aliphatic hydroxyl groups excluding tert-OH is 3. The zero-order valence-electron chi connectivity index (χ0n) is 14.9. The van der Waals surface area contributed by atoms with Crippen LogP contribution < -0.4 is 0 Å². The Kier molecular flexibility index (Phi) is 3.69. The number of hydrogen-bond donors (Lipinski definition) is 3. The maximum absolute atomic E-state index is 11.0. The molecule has 3 N–H and O–H groups in total. The van der Waals surface area contributed by atoms with Crippen molar-refractivity contribution in [3.63, 3.8) is 0 Å². The number of rotatable bonds is 0. The van der Waals surface area contributed by atoms with E-state index < -0.39 is 0 Å². The molecule has 3 unspecified atom stereocenters. The van der Waals surface area contributed by atoms with Crippen molar-refractivity contribution in [1.82, 2.24) is 0 Å². The van der Waals surface area contributed by atoms with Crippen LogP contribution in [0, 0.1) is 40.4 Å². The summed E-state index contributed by atoms with van der Waals surface area (Å²) in [6, 6.07) is 0. The van der Waals surface area contributed by atoms with E-state index in [2.05, 4.69) is 20.8 Å². The van der Waals surface area contributed by atoms with E-state index in [4.69, 9.17) is 0 Å². The molecule has 4 fully saturated rings. The van der Waals surface area contributed by atoms with Crippen molar-refractivity contribution in [2.75, 3.05) is 0 Å². The third-order valence-corrected chi connectivity index (χ3v) is 8.93. The smallest absolute Gasteiger partial charge is 0.0622 e. The molecule has 0 aliphatic heterocycles. The minimum atomic E-state index is -0.245. The van der Waals surface area contributed by atoms with Gasteiger partial charge < -0.3 is 15.3 Å². The van der Waals surface area contributed by atoms with Crippen LogP contribution in [0.15, 0.2) is 0 Å². The van der Waals surface area contributed by atoms with Crippen molar-refractivity contribution in [2.24, 2.45) is 40.4 Å². The first kappa shape index (κ1) is 16.4. The highest BCUT2D eigenvalue weighted by molar-refractivity contribution is 5.12. The summed E-state index contributed by atoms with van der Waals surface area (Å²) in [4.78, 5) is 0. The van der Waals surface area contributed by atoms with Gasteiger partial charge in [0.15, 0.2) is 0 Å². The van der Waals surface area contributed by atoms with Crippen LogP contribution in [0.25, 0.3) is 0 Å². The lowest BCUT2D eigenvalue weighted by Crippen LogP contribution is -2.58. The van der Waals surface area contributed by atoms with E-state index in [9.17, 15) is 15.3 Å². The molecule has 10 atom stereocenters. The lowest BCUT2D eigenvalue weighted by atomic mass is 9.44. The SMILES string of the molecule is C[C@@H]1CC2C3C(CC[C@]2(C)[C@@H]1O)[C@@]1(C)CC[C@H](O)C[C@H]1C[C@@H]3O. The summed E-state index contributed by atoms with van der Waals surface area (Å²) < 4.78 is 0. The molecule has 0 bridgehead atoms. The Morgan fingerprint density at radius 1 is 0.826 bits per heavy atom. The number of hydrogen-bond acceptors (Lipinski definition) is 3. The van der Waals surface area contributed by atoms with E-state index >= 15 is 0 Å². The molecule has 0 aromatic heterocycles. The van der Waals surface area contributed by atoms with Crippen LogP contribution in [-0.2, 0) is 0 Å². The van der Waals surface area contributed by atoms with Gasteiger partial charge in [-0.3, -0.25) is 0 Å². The molecule has 23 heavy (non-hydrogen) atoms. The van der Waals surface area contributed by atoms with Gasteiger partial charge in [0.25, 0.3) is 0 Å².